The quantitative estimate of drug-likeness (QED) is 0.244. The maximum atomic E-state index is 13.3. The standard InChI is InChI=1S/C24H14Cl2N4O2S/c25-14-8-10-15(11-9-14)30-23(32)17(22(31)28-24(30)33)13-19-20-7-3-4-12-29(20)21(27-19)16-5-1-2-6-18(16)26/h1-13H,(H,28,31,33)/b17-13+. The largest absolute Gasteiger partial charge is 0.299 e. The SMILES string of the molecule is O=C1NC(=S)N(c2ccc(Cl)cc2)C(=O)/C1=C/c1nc(-c2ccccc2Cl)n2ccccc12. The van der Waals surface area contributed by atoms with Gasteiger partial charge in [-0.1, -0.05) is 41.4 Å². The smallest absolute Gasteiger partial charge is 0.270 e. The zero-order valence-electron chi connectivity index (χ0n) is 16.8. The number of hydrogen-bond acceptors (Lipinski definition) is 4. The average molecular weight is 493 g/mol. The van der Waals surface area contributed by atoms with Crippen LogP contribution in [0.2, 0.25) is 10.0 Å². The summed E-state index contributed by atoms with van der Waals surface area (Å²) in [6.45, 7) is 0. The molecule has 162 valence electrons. The minimum absolute atomic E-state index is 0.00377. The van der Waals surface area contributed by atoms with E-state index in [1.807, 2.05) is 47.0 Å². The van der Waals surface area contributed by atoms with Gasteiger partial charge in [-0.05, 0) is 66.8 Å². The number of carbonyl (C=O) groups excluding carboxylic acids is 2. The maximum Gasteiger partial charge on any atom is 0.270 e. The third-order valence-electron chi connectivity index (χ3n) is 5.16. The monoisotopic (exact) mass is 492 g/mol. The van der Waals surface area contributed by atoms with Crippen LogP contribution < -0.4 is 10.2 Å². The summed E-state index contributed by atoms with van der Waals surface area (Å²) in [6.07, 6.45) is 3.32. The Balaban J connectivity index is 1.64. The van der Waals surface area contributed by atoms with Crippen LogP contribution in [-0.4, -0.2) is 26.3 Å². The minimum atomic E-state index is -0.591. The van der Waals surface area contributed by atoms with E-state index in [9.17, 15) is 9.59 Å². The maximum absolute atomic E-state index is 13.3. The van der Waals surface area contributed by atoms with Crippen molar-refractivity contribution in [1.82, 2.24) is 14.7 Å². The molecule has 0 atom stereocenters. The Morgan fingerprint density at radius 3 is 2.42 bits per heavy atom. The predicted molar refractivity (Wildman–Crippen MR) is 133 cm³/mol. The number of imidazole rings is 1. The molecular weight excluding hydrogens is 479 g/mol. The number of carbonyl (C=O) groups is 2. The van der Waals surface area contributed by atoms with Crippen LogP contribution in [0.15, 0.2) is 78.5 Å². The number of benzene rings is 2. The molecular formula is C24H14Cl2N4O2S. The Hall–Kier alpha value is -3.52. The van der Waals surface area contributed by atoms with Crippen LogP contribution in [0.25, 0.3) is 23.0 Å². The van der Waals surface area contributed by atoms with Gasteiger partial charge in [-0.2, -0.15) is 0 Å². The fraction of sp³-hybridized carbons (Fsp3) is 0. The van der Waals surface area contributed by atoms with Gasteiger partial charge in [0.25, 0.3) is 11.8 Å². The van der Waals surface area contributed by atoms with E-state index >= 15 is 0 Å². The number of fused-ring (bicyclic) bond motifs is 1. The Morgan fingerprint density at radius 2 is 1.67 bits per heavy atom. The fourth-order valence-corrected chi connectivity index (χ4v) is 4.25. The van der Waals surface area contributed by atoms with Gasteiger partial charge in [0, 0.05) is 16.8 Å². The van der Waals surface area contributed by atoms with E-state index < -0.39 is 11.8 Å². The van der Waals surface area contributed by atoms with E-state index in [0.717, 1.165) is 5.56 Å². The number of amides is 2. The first-order valence-corrected chi connectivity index (χ1v) is 11.0. The molecule has 1 N–H and O–H groups in total. The van der Waals surface area contributed by atoms with Crippen LogP contribution in [0.5, 0.6) is 0 Å². The number of anilines is 1. The highest BCUT2D eigenvalue weighted by molar-refractivity contribution is 7.80. The summed E-state index contributed by atoms with van der Waals surface area (Å²) in [5.41, 5.74) is 2.30. The zero-order chi connectivity index (χ0) is 23.1. The molecule has 1 fully saturated rings. The zero-order valence-corrected chi connectivity index (χ0v) is 19.2. The van der Waals surface area contributed by atoms with E-state index in [4.69, 9.17) is 40.4 Å². The summed E-state index contributed by atoms with van der Waals surface area (Å²) in [5, 5.41) is 3.63. The summed E-state index contributed by atoms with van der Waals surface area (Å²) < 4.78 is 1.86. The van der Waals surface area contributed by atoms with E-state index in [2.05, 4.69) is 5.32 Å². The van der Waals surface area contributed by atoms with Crippen molar-refractivity contribution in [3.63, 3.8) is 0 Å². The van der Waals surface area contributed by atoms with Gasteiger partial charge in [0.2, 0.25) is 0 Å². The van der Waals surface area contributed by atoms with Crippen LogP contribution in [0.1, 0.15) is 5.69 Å². The summed E-state index contributed by atoms with van der Waals surface area (Å²) in [4.78, 5) is 32.0. The van der Waals surface area contributed by atoms with Gasteiger partial charge in [-0.15, -0.1) is 0 Å². The number of rotatable bonds is 3. The molecule has 33 heavy (non-hydrogen) atoms. The number of nitrogens with one attached hydrogen (secondary N) is 1. The van der Waals surface area contributed by atoms with E-state index in [1.165, 1.54) is 11.0 Å². The normalized spacial score (nSPS) is 15.4. The van der Waals surface area contributed by atoms with Crippen molar-refractivity contribution in [2.75, 3.05) is 4.90 Å². The number of nitrogens with zero attached hydrogens (tertiary/aromatic N) is 3. The number of pyridine rings is 1. The Labute approximate surface area is 204 Å². The summed E-state index contributed by atoms with van der Waals surface area (Å²) in [5.74, 6) is -0.550. The first-order chi connectivity index (χ1) is 15.9. The molecule has 0 bridgehead atoms. The third kappa shape index (κ3) is 3.80. The van der Waals surface area contributed by atoms with Gasteiger partial charge in [-0.3, -0.25) is 24.2 Å². The van der Waals surface area contributed by atoms with Crippen LogP contribution in [0.4, 0.5) is 5.69 Å². The molecule has 4 aromatic rings. The first-order valence-electron chi connectivity index (χ1n) is 9.83. The lowest BCUT2D eigenvalue weighted by molar-refractivity contribution is -0.122. The molecule has 0 radical (unpaired) electrons. The molecule has 0 saturated carbocycles. The van der Waals surface area contributed by atoms with Gasteiger partial charge in [0.05, 0.1) is 21.9 Å². The molecule has 6 nitrogen and oxygen atoms in total. The molecule has 1 saturated heterocycles. The van der Waals surface area contributed by atoms with Crippen molar-refractivity contribution >= 4 is 69.6 Å². The van der Waals surface area contributed by atoms with E-state index in [0.29, 0.717) is 32.8 Å². The summed E-state index contributed by atoms with van der Waals surface area (Å²) >= 11 is 17.6. The molecule has 0 unspecified atom stereocenters. The van der Waals surface area contributed by atoms with Crippen molar-refractivity contribution in [2.45, 2.75) is 0 Å². The topological polar surface area (TPSA) is 66.7 Å². The Morgan fingerprint density at radius 1 is 0.939 bits per heavy atom. The van der Waals surface area contributed by atoms with Crippen LogP contribution in [0.3, 0.4) is 0 Å². The lowest BCUT2D eigenvalue weighted by atomic mass is 10.1. The molecule has 1 aliphatic rings. The Bertz CT molecular complexity index is 1480. The Kier molecular flexibility index (Phi) is 5.46. The van der Waals surface area contributed by atoms with Crippen molar-refractivity contribution in [3.8, 4) is 11.4 Å². The molecule has 2 aromatic heterocycles. The van der Waals surface area contributed by atoms with Crippen molar-refractivity contribution < 1.29 is 9.59 Å². The van der Waals surface area contributed by atoms with Crippen LogP contribution in [-0.2, 0) is 9.59 Å². The van der Waals surface area contributed by atoms with Gasteiger partial charge in [0.15, 0.2) is 5.11 Å². The predicted octanol–water partition coefficient (Wildman–Crippen LogP) is 5.14. The highest BCUT2D eigenvalue weighted by Gasteiger charge is 2.35. The van der Waals surface area contributed by atoms with Crippen LogP contribution >= 0.6 is 35.4 Å². The van der Waals surface area contributed by atoms with Crippen molar-refractivity contribution in [3.05, 3.63) is 94.2 Å². The summed E-state index contributed by atoms with van der Waals surface area (Å²) in [6, 6.07) is 19.5. The van der Waals surface area contributed by atoms with Crippen molar-refractivity contribution in [1.29, 1.82) is 0 Å². The molecule has 5 rings (SSSR count). The molecule has 0 aliphatic carbocycles. The number of aromatic nitrogens is 2. The number of thiocarbonyl (C=S) groups is 1. The second kappa shape index (κ2) is 8.44. The second-order valence-electron chi connectivity index (χ2n) is 7.19. The minimum Gasteiger partial charge on any atom is -0.299 e. The average Bonchev–Trinajstić information content (AvgIpc) is 3.16. The van der Waals surface area contributed by atoms with Crippen LogP contribution in [0, 0.1) is 0 Å². The van der Waals surface area contributed by atoms with E-state index in [-0.39, 0.29) is 10.7 Å². The van der Waals surface area contributed by atoms with Gasteiger partial charge in [0.1, 0.15) is 11.4 Å². The molecule has 1 aliphatic heterocycles. The first kappa shape index (κ1) is 21.3. The molecule has 9 heteroatoms. The molecule has 0 spiro atoms. The highest BCUT2D eigenvalue weighted by atomic mass is 35.5. The lowest BCUT2D eigenvalue weighted by Crippen LogP contribution is -2.54. The van der Waals surface area contributed by atoms with Gasteiger partial charge < -0.3 is 0 Å². The van der Waals surface area contributed by atoms with Crippen molar-refractivity contribution in [2.24, 2.45) is 0 Å². The number of hydrogen-bond donors (Lipinski definition) is 1. The molecule has 3 heterocycles. The third-order valence-corrected chi connectivity index (χ3v) is 6.03. The summed E-state index contributed by atoms with van der Waals surface area (Å²) in [7, 11) is 0. The number of halogens is 2. The molecule has 2 aromatic carbocycles. The lowest BCUT2D eigenvalue weighted by Gasteiger charge is -2.28. The van der Waals surface area contributed by atoms with Gasteiger partial charge in [-0.25, -0.2) is 4.98 Å². The molecule has 2 amide bonds. The van der Waals surface area contributed by atoms with E-state index in [1.54, 1.807) is 30.3 Å². The highest BCUT2D eigenvalue weighted by Crippen LogP contribution is 2.30. The van der Waals surface area contributed by atoms with Gasteiger partial charge >= 0.3 is 0 Å². The second-order valence-corrected chi connectivity index (χ2v) is 8.42. The fourth-order valence-electron chi connectivity index (χ4n) is 3.62.